The van der Waals surface area contributed by atoms with Crippen LogP contribution in [0.1, 0.15) is 25.0 Å². The fourth-order valence-corrected chi connectivity index (χ4v) is 10.6. The Labute approximate surface area is 381 Å². The van der Waals surface area contributed by atoms with Gasteiger partial charge in [0.25, 0.3) is 0 Å². The molecular weight excluding hydrogens is 785 g/mol. The summed E-state index contributed by atoms with van der Waals surface area (Å²) < 4.78 is 2.42. The molecule has 65 heavy (non-hydrogen) atoms. The van der Waals surface area contributed by atoms with Crippen molar-refractivity contribution in [1.29, 1.82) is 0 Å². The molecule has 0 unspecified atom stereocenters. The number of aromatic nitrogens is 1. The van der Waals surface area contributed by atoms with Gasteiger partial charge in [0.15, 0.2) is 0 Å². The third kappa shape index (κ3) is 6.32. The van der Waals surface area contributed by atoms with Crippen molar-refractivity contribution in [3.63, 3.8) is 0 Å². The van der Waals surface area contributed by atoms with Crippen molar-refractivity contribution in [3.05, 3.63) is 254 Å². The van der Waals surface area contributed by atoms with Crippen LogP contribution in [0.5, 0.6) is 0 Å². The minimum atomic E-state index is -0.134. The van der Waals surface area contributed by atoms with Gasteiger partial charge in [-0.2, -0.15) is 0 Å². The number of hydrogen-bond donors (Lipinski definition) is 0. The molecule has 11 aromatic rings. The van der Waals surface area contributed by atoms with Crippen LogP contribution >= 0.6 is 0 Å². The van der Waals surface area contributed by atoms with Gasteiger partial charge in [-0.05, 0) is 104 Å². The summed E-state index contributed by atoms with van der Waals surface area (Å²) in [4.78, 5) is 2.53. The van der Waals surface area contributed by atoms with Gasteiger partial charge in [-0.25, -0.2) is 0 Å². The molecule has 0 fully saturated rings. The molecule has 0 spiro atoms. The van der Waals surface area contributed by atoms with E-state index in [-0.39, 0.29) is 5.41 Å². The first-order chi connectivity index (χ1) is 32.0. The zero-order valence-electron chi connectivity index (χ0n) is 36.5. The maximum Gasteiger partial charge on any atom is 0.0561 e. The van der Waals surface area contributed by atoms with Crippen LogP contribution in [0.25, 0.3) is 83.1 Å². The Morgan fingerprint density at radius 1 is 0.338 bits per heavy atom. The summed E-state index contributed by atoms with van der Waals surface area (Å²) >= 11 is 0. The number of para-hydroxylation sites is 3. The second-order valence-corrected chi connectivity index (χ2v) is 17.7. The van der Waals surface area contributed by atoms with Gasteiger partial charge in [0, 0.05) is 38.7 Å². The molecule has 0 saturated carbocycles. The lowest BCUT2D eigenvalue weighted by Gasteiger charge is -2.32. The summed E-state index contributed by atoms with van der Waals surface area (Å²) in [6.45, 7) is 4.73. The highest BCUT2D eigenvalue weighted by molar-refractivity contribution is 6.11. The van der Waals surface area contributed by atoms with E-state index in [0.717, 1.165) is 33.8 Å². The smallest absolute Gasteiger partial charge is 0.0561 e. The lowest BCUT2D eigenvalue weighted by atomic mass is 9.81. The number of rotatable bonds is 8. The van der Waals surface area contributed by atoms with Crippen molar-refractivity contribution in [2.75, 3.05) is 4.90 Å². The van der Waals surface area contributed by atoms with Gasteiger partial charge in [0.1, 0.15) is 0 Å². The van der Waals surface area contributed by atoms with Crippen LogP contribution in [0, 0.1) is 0 Å². The van der Waals surface area contributed by atoms with Crippen molar-refractivity contribution in [2.45, 2.75) is 19.3 Å². The molecule has 1 aromatic heterocycles. The molecule has 2 nitrogen and oxygen atoms in total. The Morgan fingerprint density at radius 2 is 0.892 bits per heavy atom. The predicted molar refractivity (Wildman–Crippen MR) is 275 cm³/mol. The molecule has 0 saturated heterocycles. The van der Waals surface area contributed by atoms with E-state index < -0.39 is 0 Å². The number of anilines is 3. The van der Waals surface area contributed by atoms with E-state index in [1.54, 1.807) is 0 Å². The summed E-state index contributed by atoms with van der Waals surface area (Å²) in [7, 11) is 0. The molecule has 0 aliphatic heterocycles. The first-order valence-corrected chi connectivity index (χ1v) is 22.6. The van der Waals surface area contributed by atoms with Crippen molar-refractivity contribution >= 4 is 38.9 Å². The van der Waals surface area contributed by atoms with E-state index in [0.29, 0.717) is 0 Å². The van der Waals surface area contributed by atoms with Gasteiger partial charge in [-0.3, -0.25) is 0 Å². The van der Waals surface area contributed by atoms with Crippen LogP contribution in [0.3, 0.4) is 0 Å². The Hall–Kier alpha value is -8.20. The number of nitrogens with zero attached hydrogens (tertiary/aromatic N) is 2. The number of benzene rings is 10. The van der Waals surface area contributed by atoms with Gasteiger partial charge in [-0.1, -0.05) is 208 Å². The van der Waals surface area contributed by atoms with Crippen LogP contribution < -0.4 is 4.90 Å². The van der Waals surface area contributed by atoms with Crippen LogP contribution in [-0.4, -0.2) is 4.57 Å². The van der Waals surface area contributed by atoms with Crippen molar-refractivity contribution in [3.8, 4) is 61.3 Å². The lowest BCUT2D eigenvalue weighted by molar-refractivity contribution is 0.660. The average Bonchev–Trinajstić information content (AvgIpc) is 3.82. The summed E-state index contributed by atoms with van der Waals surface area (Å²) in [6, 6.07) is 89.1. The van der Waals surface area contributed by atoms with E-state index in [1.807, 2.05) is 0 Å². The van der Waals surface area contributed by atoms with Gasteiger partial charge >= 0.3 is 0 Å². The van der Waals surface area contributed by atoms with Crippen molar-refractivity contribution in [2.24, 2.45) is 0 Å². The lowest BCUT2D eigenvalue weighted by Crippen LogP contribution is -2.15. The number of hydrogen-bond acceptors (Lipinski definition) is 1. The van der Waals surface area contributed by atoms with Crippen molar-refractivity contribution < 1.29 is 0 Å². The zero-order valence-corrected chi connectivity index (χ0v) is 36.5. The van der Waals surface area contributed by atoms with Gasteiger partial charge in [0.05, 0.1) is 22.4 Å². The molecule has 0 radical (unpaired) electrons. The summed E-state index contributed by atoms with van der Waals surface area (Å²) in [6.07, 6.45) is 0. The minimum absolute atomic E-state index is 0.134. The van der Waals surface area contributed by atoms with Gasteiger partial charge in [-0.15, -0.1) is 0 Å². The Bertz CT molecular complexity index is 3560. The molecule has 2 heteroatoms. The standard InChI is InChI=1S/C63H46N2/c1-63(2)56-33-17-14-29-51(56)52-39-37-45(41-57(52)63)49-28-15-18-34-58(49)65(47-38-40-54-53-30-16-19-35-59(53)64(61(54)42-47)46-25-10-5-11-26-46)60-36-20-32-50(44-23-8-4-9-24-44)62(60)55-31-13-12-27-48(55)43-21-6-3-7-22-43/h3-42H,1-2H3. The molecule has 0 atom stereocenters. The van der Waals surface area contributed by atoms with Crippen LogP contribution in [0.15, 0.2) is 243 Å². The van der Waals surface area contributed by atoms with E-state index in [9.17, 15) is 0 Å². The van der Waals surface area contributed by atoms with Crippen LogP contribution in [0.4, 0.5) is 17.1 Å². The average molecular weight is 831 g/mol. The maximum absolute atomic E-state index is 2.53. The summed E-state index contributed by atoms with van der Waals surface area (Å²) in [5.41, 5.74) is 21.4. The second-order valence-electron chi connectivity index (χ2n) is 17.7. The molecule has 0 N–H and O–H groups in total. The third-order valence-corrected chi connectivity index (χ3v) is 13.6. The zero-order chi connectivity index (χ0) is 43.5. The van der Waals surface area contributed by atoms with Crippen LogP contribution in [0.2, 0.25) is 0 Å². The summed E-state index contributed by atoms with van der Waals surface area (Å²) in [5.74, 6) is 0. The molecule has 1 aliphatic carbocycles. The Morgan fingerprint density at radius 3 is 1.66 bits per heavy atom. The van der Waals surface area contributed by atoms with E-state index in [1.165, 1.54) is 77.5 Å². The minimum Gasteiger partial charge on any atom is -0.309 e. The van der Waals surface area contributed by atoms with Gasteiger partial charge < -0.3 is 9.47 Å². The van der Waals surface area contributed by atoms with E-state index in [2.05, 4.69) is 266 Å². The Balaban J connectivity index is 1.17. The molecule has 12 rings (SSSR count). The first kappa shape index (κ1) is 38.5. The molecule has 0 amide bonds. The fourth-order valence-electron chi connectivity index (χ4n) is 10.6. The molecule has 0 bridgehead atoms. The Kier molecular flexibility index (Phi) is 9.21. The predicted octanol–water partition coefficient (Wildman–Crippen LogP) is 17.2. The molecule has 10 aromatic carbocycles. The monoisotopic (exact) mass is 830 g/mol. The first-order valence-electron chi connectivity index (χ1n) is 22.6. The molecule has 308 valence electrons. The highest BCUT2D eigenvalue weighted by atomic mass is 15.2. The molecule has 1 aliphatic rings. The molecular formula is C63H46N2. The van der Waals surface area contributed by atoms with E-state index in [4.69, 9.17) is 0 Å². The van der Waals surface area contributed by atoms with Crippen molar-refractivity contribution in [1.82, 2.24) is 4.57 Å². The topological polar surface area (TPSA) is 8.17 Å². The highest BCUT2D eigenvalue weighted by Crippen LogP contribution is 2.53. The second kappa shape index (κ2) is 15.6. The third-order valence-electron chi connectivity index (χ3n) is 13.6. The quantitative estimate of drug-likeness (QED) is 0.148. The maximum atomic E-state index is 2.53. The van der Waals surface area contributed by atoms with E-state index >= 15 is 0 Å². The fraction of sp³-hybridized carbons (Fsp3) is 0.0476. The normalized spacial score (nSPS) is 12.6. The SMILES string of the molecule is CC1(C)c2ccccc2-c2ccc(-c3ccccc3N(c3ccc4c5ccccc5n(-c5ccccc5)c4c3)c3cccc(-c4ccccc4)c3-c3ccccc3-c3ccccc3)cc21. The largest absolute Gasteiger partial charge is 0.309 e. The number of fused-ring (bicyclic) bond motifs is 6. The molecule has 1 heterocycles. The van der Waals surface area contributed by atoms with Crippen LogP contribution in [-0.2, 0) is 5.41 Å². The highest BCUT2D eigenvalue weighted by Gasteiger charge is 2.35. The van der Waals surface area contributed by atoms with Gasteiger partial charge in [0.2, 0.25) is 0 Å². The summed E-state index contributed by atoms with van der Waals surface area (Å²) in [5, 5.41) is 2.45.